The Labute approximate surface area is 178 Å². The maximum absolute atomic E-state index is 12.7. The van der Waals surface area contributed by atoms with Crippen LogP contribution < -0.4 is 32.7 Å². The lowest BCUT2D eigenvalue weighted by molar-refractivity contribution is -0.141. The maximum atomic E-state index is 12.7. The lowest BCUT2D eigenvalue weighted by Gasteiger charge is -2.23. The normalized spacial score (nSPS) is 27.2. The number of carbonyl (C=O) groups excluding carboxylic acids is 4. The van der Waals surface area contributed by atoms with Crippen LogP contribution in [0, 0.1) is 5.92 Å². The highest BCUT2D eigenvalue weighted by Gasteiger charge is 2.35. The van der Waals surface area contributed by atoms with Crippen molar-refractivity contribution in [2.24, 2.45) is 22.4 Å². The number of carboxylic acids is 1. The fraction of sp³-hybridized carbons (Fsp3) is 0.667. The van der Waals surface area contributed by atoms with Crippen LogP contribution in [0.3, 0.4) is 0 Å². The molecule has 0 radical (unpaired) electrons. The summed E-state index contributed by atoms with van der Waals surface area (Å²) in [6, 6.07) is -2.50. The van der Waals surface area contributed by atoms with Crippen molar-refractivity contribution in [3.63, 3.8) is 0 Å². The first kappa shape index (κ1) is 23.9. The zero-order valence-corrected chi connectivity index (χ0v) is 17.1. The van der Waals surface area contributed by atoms with E-state index in [0.717, 1.165) is 0 Å². The van der Waals surface area contributed by atoms with E-state index in [1.165, 1.54) is 0 Å². The molecule has 0 spiro atoms. The third-order valence-corrected chi connectivity index (χ3v) is 5.18. The molecule has 4 amide bonds. The summed E-state index contributed by atoms with van der Waals surface area (Å²) in [6.07, 6.45) is 1.47. The number of carbonyl (C=O) groups is 5. The summed E-state index contributed by atoms with van der Waals surface area (Å²) >= 11 is 0. The summed E-state index contributed by atoms with van der Waals surface area (Å²) in [5, 5.41) is 19.2. The Morgan fingerprint density at radius 2 is 1.74 bits per heavy atom. The van der Waals surface area contributed by atoms with Crippen LogP contribution >= 0.6 is 0 Å². The molecule has 1 aliphatic carbocycles. The van der Waals surface area contributed by atoms with Crippen LogP contribution in [0.5, 0.6) is 0 Å². The molecule has 2 bridgehead atoms. The van der Waals surface area contributed by atoms with Crippen LogP contribution in [-0.2, 0) is 24.0 Å². The average Bonchev–Trinajstić information content (AvgIpc) is 3.15. The second kappa shape index (κ2) is 11.1. The zero-order valence-electron chi connectivity index (χ0n) is 17.1. The molecule has 0 aromatic heterocycles. The van der Waals surface area contributed by atoms with Crippen molar-refractivity contribution in [3.05, 3.63) is 0 Å². The molecule has 2 rings (SSSR count). The lowest BCUT2D eigenvalue weighted by Crippen LogP contribution is -2.54. The molecule has 0 aromatic carbocycles. The zero-order chi connectivity index (χ0) is 23.0. The van der Waals surface area contributed by atoms with Crippen molar-refractivity contribution in [1.29, 1.82) is 0 Å². The fourth-order valence-corrected chi connectivity index (χ4v) is 3.63. The third kappa shape index (κ3) is 7.75. The first-order valence-corrected chi connectivity index (χ1v) is 10.1. The van der Waals surface area contributed by atoms with Crippen molar-refractivity contribution in [3.8, 4) is 0 Å². The van der Waals surface area contributed by atoms with E-state index in [4.69, 9.17) is 16.6 Å². The second-order valence-corrected chi connectivity index (χ2v) is 7.66. The van der Waals surface area contributed by atoms with Gasteiger partial charge in [-0.15, -0.1) is 0 Å². The molecule has 2 aliphatic rings. The quantitative estimate of drug-likeness (QED) is 0.127. The minimum Gasteiger partial charge on any atom is -0.481 e. The number of hydrogen-bond donors (Lipinski definition) is 7. The molecular weight excluding hydrogens is 410 g/mol. The molecule has 1 saturated carbocycles. The molecule has 9 N–H and O–H groups in total. The largest absolute Gasteiger partial charge is 0.481 e. The summed E-state index contributed by atoms with van der Waals surface area (Å²) in [4.78, 5) is 64.8. The van der Waals surface area contributed by atoms with Crippen molar-refractivity contribution in [2.75, 3.05) is 13.1 Å². The summed E-state index contributed by atoms with van der Waals surface area (Å²) in [5.41, 5.74) is 10.6. The molecule has 1 heterocycles. The summed E-state index contributed by atoms with van der Waals surface area (Å²) in [7, 11) is 0. The van der Waals surface area contributed by atoms with Gasteiger partial charge in [0.05, 0.1) is 13.0 Å². The van der Waals surface area contributed by atoms with Gasteiger partial charge in [0.1, 0.15) is 12.1 Å². The van der Waals surface area contributed by atoms with Crippen LogP contribution in [0.2, 0.25) is 0 Å². The number of carboxylic acid groups (broad SMARTS) is 1. The predicted molar refractivity (Wildman–Crippen MR) is 108 cm³/mol. The molecule has 2 fully saturated rings. The number of nitrogens with two attached hydrogens (primary N) is 2. The van der Waals surface area contributed by atoms with Crippen molar-refractivity contribution in [1.82, 2.24) is 21.3 Å². The van der Waals surface area contributed by atoms with E-state index >= 15 is 0 Å². The standard InChI is InChI=1S/C18H29N7O6/c19-18(20)21-5-1-2-11-16(30)22-8-13(26)24-12(7-14(27)28)17(31)23-10-4-3-9(6-10)15(29)25-11/h9-12H,1-8H2,(H,22,30)(H,23,31)(H,24,26)(H,25,29)(H,27,28)(H4,19,20,21)/t9-,10+,11-,12-/m0/s1. The number of guanidine groups is 1. The van der Waals surface area contributed by atoms with Gasteiger partial charge < -0.3 is 37.8 Å². The van der Waals surface area contributed by atoms with Gasteiger partial charge in [-0.25, -0.2) is 0 Å². The lowest BCUT2D eigenvalue weighted by atomic mass is 10.0. The number of nitrogens with one attached hydrogen (secondary N) is 4. The van der Waals surface area contributed by atoms with E-state index < -0.39 is 54.7 Å². The van der Waals surface area contributed by atoms with Gasteiger partial charge in [0.25, 0.3) is 0 Å². The molecular formula is C18H29N7O6. The minimum atomic E-state index is -1.28. The number of amides is 4. The van der Waals surface area contributed by atoms with Gasteiger partial charge in [0, 0.05) is 18.5 Å². The van der Waals surface area contributed by atoms with E-state index in [9.17, 15) is 24.0 Å². The Morgan fingerprint density at radius 3 is 2.42 bits per heavy atom. The highest BCUT2D eigenvalue weighted by Crippen LogP contribution is 2.26. The molecule has 31 heavy (non-hydrogen) atoms. The first-order chi connectivity index (χ1) is 14.7. The number of nitrogens with zero attached hydrogens (tertiary/aromatic N) is 1. The van der Waals surface area contributed by atoms with E-state index in [1.807, 2.05) is 0 Å². The molecule has 0 aromatic rings. The van der Waals surface area contributed by atoms with Crippen LogP contribution in [-0.4, -0.2) is 71.9 Å². The maximum Gasteiger partial charge on any atom is 0.305 e. The van der Waals surface area contributed by atoms with E-state index in [-0.39, 0.29) is 30.9 Å². The minimum absolute atomic E-state index is 0.0777. The second-order valence-electron chi connectivity index (χ2n) is 7.66. The number of fused-ring (bicyclic) bond motifs is 2. The molecule has 0 unspecified atom stereocenters. The Balaban J connectivity index is 2.13. The molecule has 13 nitrogen and oxygen atoms in total. The average molecular weight is 439 g/mol. The fourth-order valence-electron chi connectivity index (χ4n) is 3.63. The van der Waals surface area contributed by atoms with Crippen molar-refractivity contribution < 1.29 is 29.1 Å². The monoisotopic (exact) mass is 439 g/mol. The van der Waals surface area contributed by atoms with Crippen LogP contribution in [0.4, 0.5) is 0 Å². The molecule has 4 atom stereocenters. The van der Waals surface area contributed by atoms with Crippen molar-refractivity contribution in [2.45, 2.75) is 56.7 Å². The Bertz CT molecular complexity index is 752. The highest BCUT2D eigenvalue weighted by atomic mass is 16.4. The van der Waals surface area contributed by atoms with Gasteiger partial charge >= 0.3 is 5.97 Å². The number of aliphatic imine (C=N–C) groups is 1. The highest BCUT2D eigenvalue weighted by molar-refractivity contribution is 5.94. The molecule has 172 valence electrons. The Kier molecular flexibility index (Phi) is 8.58. The summed E-state index contributed by atoms with van der Waals surface area (Å²) in [5.74, 6) is -3.97. The van der Waals surface area contributed by atoms with Gasteiger partial charge in [0.2, 0.25) is 23.6 Å². The first-order valence-electron chi connectivity index (χ1n) is 10.1. The summed E-state index contributed by atoms with van der Waals surface area (Å²) in [6.45, 7) is -0.202. The number of hydrogen-bond acceptors (Lipinski definition) is 6. The van der Waals surface area contributed by atoms with Crippen molar-refractivity contribution >= 4 is 35.6 Å². The topological polar surface area (TPSA) is 218 Å². The Hall–Kier alpha value is -3.38. The van der Waals surface area contributed by atoms with Gasteiger partial charge in [0.15, 0.2) is 5.96 Å². The van der Waals surface area contributed by atoms with Gasteiger partial charge in [-0.1, -0.05) is 0 Å². The Morgan fingerprint density at radius 1 is 1.00 bits per heavy atom. The SMILES string of the molecule is NC(N)=NCCC[C@@H]1NC(=O)[C@H]2CC[C@H](C2)NC(=O)[C@H](CC(=O)O)NC(=O)CNC1=O. The van der Waals surface area contributed by atoms with Gasteiger partial charge in [-0.2, -0.15) is 0 Å². The van der Waals surface area contributed by atoms with Crippen LogP contribution in [0.15, 0.2) is 4.99 Å². The molecule has 1 saturated heterocycles. The van der Waals surface area contributed by atoms with Gasteiger partial charge in [-0.3, -0.25) is 29.0 Å². The van der Waals surface area contributed by atoms with Crippen LogP contribution in [0.25, 0.3) is 0 Å². The number of aliphatic carboxylic acids is 1. The van der Waals surface area contributed by atoms with Gasteiger partial charge in [-0.05, 0) is 32.1 Å². The van der Waals surface area contributed by atoms with E-state index in [0.29, 0.717) is 25.7 Å². The van der Waals surface area contributed by atoms with E-state index in [2.05, 4.69) is 26.3 Å². The molecule has 1 aliphatic heterocycles. The third-order valence-electron chi connectivity index (χ3n) is 5.18. The smallest absolute Gasteiger partial charge is 0.305 e. The number of rotatable bonds is 6. The molecule has 13 heteroatoms. The van der Waals surface area contributed by atoms with E-state index in [1.54, 1.807) is 0 Å². The summed E-state index contributed by atoms with van der Waals surface area (Å²) < 4.78 is 0. The predicted octanol–water partition coefficient (Wildman–Crippen LogP) is -3.10. The van der Waals surface area contributed by atoms with Crippen LogP contribution in [0.1, 0.15) is 38.5 Å².